The summed E-state index contributed by atoms with van der Waals surface area (Å²) in [7, 11) is 0. The Morgan fingerprint density at radius 1 is 1.19 bits per heavy atom. The van der Waals surface area contributed by atoms with E-state index in [1.165, 1.54) is 11.8 Å². The van der Waals surface area contributed by atoms with Crippen molar-refractivity contribution < 1.29 is 19.7 Å². The number of halogens is 1. The van der Waals surface area contributed by atoms with E-state index >= 15 is 0 Å². The van der Waals surface area contributed by atoms with Crippen LogP contribution in [0.5, 0.6) is 5.75 Å². The zero-order valence-corrected chi connectivity index (χ0v) is 17.0. The molecular weight excluding hydrogens is 384 g/mol. The van der Waals surface area contributed by atoms with Gasteiger partial charge >= 0.3 is 0 Å². The van der Waals surface area contributed by atoms with Crippen LogP contribution in [0.4, 0.5) is 0 Å². The maximum Gasteiger partial charge on any atom is 0.132 e. The van der Waals surface area contributed by atoms with Crippen molar-refractivity contribution in [3.05, 3.63) is 64.2 Å². The van der Waals surface area contributed by atoms with Crippen LogP contribution in [0.1, 0.15) is 36.1 Å². The second-order valence-electron chi connectivity index (χ2n) is 6.63. The Morgan fingerprint density at radius 3 is 2.59 bits per heavy atom. The first-order valence-corrected chi connectivity index (χ1v) is 10.7. The van der Waals surface area contributed by atoms with Crippen molar-refractivity contribution in [3.63, 3.8) is 0 Å². The molecule has 0 bridgehead atoms. The quantitative estimate of drug-likeness (QED) is 0.750. The van der Waals surface area contributed by atoms with E-state index in [1.807, 2.05) is 55.6 Å². The molecule has 27 heavy (non-hydrogen) atoms. The lowest BCUT2D eigenvalue weighted by atomic mass is 9.95. The van der Waals surface area contributed by atoms with Crippen LogP contribution in [-0.2, 0) is 11.2 Å². The Hall–Kier alpha value is -1.24. The molecule has 0 radical (unpaired) electrons. The van der Waals surface area contributed by atoms with Crippen molar-refractivity contribution >= 4 is 23.4 Å². The average molecular weight is 409 g/mol. The molecule has 0 saturated carbocycles. The van der Waals surface area contributed by atoms with Gasteiger partial charge in [-0.15, -0.1) is 11.8 Å². The molecular formula is C21H25ClO4S. The Morgan fingerprint density at radius 2 is 1.93 bits per heavy atom. The highest BCUT2D eigenvalue weighted by molar-refractivity contribution is 7.99. The molecule has 1 fully saturated rings. The van der Waals surface area contributed by atoms with Gasteiger partial charge < -0.3 is 19.7 Å². The molecule has 0 aromatic heterocycles. The smallest absolute Gasteiger partial charge is 0.132 e. The minimum atomic E-state index is -0.869. The lowest BCUT2D eigenvalue weighted by molar-refractivity contribution is -0.137. The Balaban J connectivity index is 1.78. The third-order valence-corrected chi connectivity index (χ3v) is 5.95. The normalized spacial score (nSPS) is 25.4. The van der Waals surface area contributed by atoms with E-state index in [9.17, 15) is 10.2 Å². The fraction of sp³-hybridized carbons (Fsp3) is 0.429. The van der Waals surface area contributed by atoms with Crippen molar-refractivity contribution in [2.75, 3.05) is 12.9 Å². The van der Waals surface area contributed by atoms with Crippen molar-refractivity contribution in [3.8, 4) is 5.75 Å². The van der Waals surface area contributed by atoms with Crippen LogP contribution in [0, 0.1) is 0 Å². The topological polar surface area (TPSA) is 58.9 Å². The highest BCUT2D eigenvalue weighted by Gasteiger charge is 2.36. The number of aliphatic hydroxyl groups is 2. The van der Waals surface area contributed by atoms with Gasteiger partial charge in [0.2, 0.25) is 0 Å². The van der Waals surface area contributed by atoms with E-state index in [-0.39, 0.29) is 6.10 Å². The van der Waals surface area contributed by atoms with Crippen molar-refractivity contribution in [1.29, 1.82) is 0 Å². The predicted molar refractivity (Wildman–Crippen MR) is 110 cm³/mol. The highest BCUT2D eigenvalue weighted by atomic mass is 35.5. The van der Waals surface area contributed by atoms with Crippen LogP contribution in [-0.4, -0.2) is 40.7 Å². The number of benzene rings is 2. The number of thioether (sulfide) groups is 1. The van der Waals surface area contributed by atoms with Gasteiger partial charge in [0.1, 0.15) is 17.3 Å². The first-order valence-electron chi connectivity index (χ1n) is 9.06. The molecule has 2 aromatic rings. The van der Waals surface area contributed by atoms with Gasteiger partial charge in [-0.2, -0.15) is 0 Å². The molecule has 3 rings (SSSR count). The molecule has 6 heteroatoms. The highest BCUT2D eigenvalue weighted by Crippen LogP contribution is 2.36. The summed E-state index contributed by atoms with van der Waals surface area (Å²) in [5.74, 6) is 0.854. The number of aliphatic hydroxyl groups excluding tert-OH is 2. The van der Waals surface area contributed by atoms with E-state index < -0.39 is 17.6 Å². The molecule has 2 aromatic carbocycles. The standard InChI is InChI=1S/C21H25ClO4S/c1-3-25-16-7-4-13(5-8-16)10-15-11-14(6-9-17(15)22)19-12-18(23)20(24)21(26-19)27-2/h4-9,11,18-21,23-24H,3,10,12H2,1-2H3/t18?,19?,20-,21?/m0/s1. The fourth-order valence-electron chi connectivity index (χ4n) is 3.27. The van der Waals surface area contributed by atoms with Crippen molar-refractivity contribution in [2.45, 2.75) is 43.5 Å². The van der Waals surface area contributed by atoms with Gasteiger partial charge in [0.05, 0.1) is 18.8 Å². The average Bonchev–Trinajstić information content (AvgIpc) is 2.67. The van der Waals surface area contributed by atoms with Gasteiger partial charge in [0.15, 0.2) is 0 Å². The third-order valence-electron chi connectivity index (χ3n) is 4.73. The zero-order chi connectivity index (χ0) is 19.4. The van der Waals surface area contributed by atoms with Crippen molar-refractivity contribution in [1.82, 2.24) is 0 Å². The van der Waals surface area contributed by atoms with Gasteiger partial charge in [-0.3, -0.25) is 0 Å². The summed E-state index contributed by atoms with van der Waals surface area (Å²) in [6, 6.07) is 13.8. The number of rotatable bonds is 6. The van der Waals surface area contributed by atoms with Crippen LogP contribution in [0.25, 0.3) is 0 Å². The SMILES string of the molecule is CCOc1ccc(Cc2cc(C3CC(O)[C@H](O)C(SC)O3)ccc2Cl)cc1. The first kappa shape index (κ1) is 20.5. The molecule has 4 atom stereocenters. The maximum atomic E-state index is 10.2. The minimum absolute atomic E-state index is 0.266. The van der Waals surface area contributed by atoms with Gasteiger partial charge in [-0.05, 0) is 54.5 Å². The first-order chi connectivity index (χ1) is 13.0. The van der Waals surface area contributed by atoms with E-state index in [0.717, 1.165) is 22.4 Å². The van der Waals surface area contributed by atoms with E-state index in [1.54, 1.807) is 0 Å². The third kappa shape index (κ3) is 4.98. The molecule has 2 N–H and O–H groups in total. The molecule has 0 aliphatic carbocycles. The van der Waals surface area contributed by atoms with Crippen LogP contribution < -0.4 is 4.74 Å². The van der Waals surface area contributed by atoms with E-state index in [0.29, 0.717) is 24.5 Å². The molecule has 0 spiro atoms. The predicted octanol–water partition coefficient (Wildman–Crippen LogP) is 4.20. The second kappa shape index (κ2) is 9.30. The second-order valence-corrected chi connectivity index (χ2v) is 7.97. The summed E-state index contributed by atoms with van der Waals surface area (Å²) in [4.78, 5) is 0. The van der Waals surface area contributed by atoms with Gasteiger partial charge in [0.25, 0.3) is 0 Å². The molecule has 4 nitrogen and oxygen atoms in total. The number of hydrogen-bond donors (Lipinski definition) is 2. The van der Waals surface area contributed by atoms with Crippen LogP contribution in [0.3, 0.4) is 0 Å². The number of hydrogen-bond acceptors (Lipinski definition) is 5. The minimum Gasteiger partial charge on any atom is -0.494 e. The summed E-state index contributed by atoms with van der Waals surface area (Å²) >= 11 is 7.82. The van der Waals surface area contributed by atoms with Gasteiger partial charge in [0, 0.05) is 11.4 Å². The van der Waals surface area contributed by atoms with Crippen molar-refractivity contribution in [2.24, 2.45) is 0 Å². The van der Waals surface area contributed by atoms with Crippen LogP contribution in [0.15, 0.2) is 42.5 Å². The summed E-state index contributed by atoms with van der Waals surface area (Å²) < 4.78 is 11.5. The molecule has 1 saturated heterocycles. The van der Waals surface area contributed by atoms with E-state index in [2.05, 4.69) is 0 Å². The number of ether oxygens (including phenoxy) is 2. The summed E-state index contributed by atoms with van der Waals surface area (Å²) in [5, 5.41) is 20.9. The van der Waals surface area contributed by atoms with E-state index in [4.69, 9.17) is 21.1 Å². The molecule has 0 amide bonds. The lowest BCUT2D eigenvalue weighted by Crippen LogP contribution is -2.43. The molecule has 1 aliphatic heterocycles. The molecule has 3 unspecified atom stereocenters. The van der Waals surface area contributed by atoms with Crippen LogP contribution >= 0.6 is 23.4 Å². The molecule has 1 heterocycles. The Kier molecular flexibility index (Phi) is 7.06. The largest absolute Gasteiger partial charge is 0.494 e. The molecule has 146 valence electrons. The van der Waals surface area contributed by atoms with Gasteiger partial charge in [-0.25, -0.2) is 0 Å². The summed E-state index contributed by atoms with van der Waals surface area (Å²) in [6.45, 7) is 2.61. The molecule has 1 aliphatic rings. The summed E-state index contributed by atoms with van der Waals surface area (Å²) in [5.41, 5.74) is 2.66. The Bertz CT molecular complexity index is 752. The fourth-order valence-corrected chi connectivity index (χ4v) is 4.16. The lowest BCUT2D eigenvalue weighted by Gasteiger charge is -2.36. The Labute approximate surface area is 169 Å². The maximum absolute atomic E-state index is 10.2. The van der Waals surface area contributed by atoms with Crippen LogP contribution in [0.2, 0.25) is 5.02 Å². The zero-order valence-electron chi connectivity index (χ0n) is 15.5. The summed E-state index contributed by atoms with van der Waals surface area (Å²) in [6.07, 6.45) is 0.989. The monoisotopic (exact) mass is 408 g/mol. The van der Waals surface area contributed by atoms with Gasteiger partial charge in [-0.1, -0.05) is 35.9 Å².